The molecule has 3 aromatic rings. The third kappa shape index (κ3) is 2.88. The minimum Gasteiger partial charge on any atom is -0.493 e. The van der Waals surface area contributed by atoms with Gasteiger partial charge < -0.3 is 23.9 Å². The largest absolute Gasteiger partial charge is 0.493 e. The fourth-order valence-electron chi connectivity index (χ4n) is 4.81. The molecule has 150 valence electrons. The van der Waals surface area contributed by atoms with Crippen molar-refractivity contribution in [1.29, 1.82) is 0 Å². The van der Waals surface area contributed by atoms with E-state index in [2.05, 4.69) is 4.98 Å². The van der Waals surface area contributed by atoms with Gasteiger partial charge in [-0.2, -0.15) is 0 Å². The number of rotatable bonds is 3. The number of nitrogens with zero attached hydrogens (tertiary/aromatic N) is 2. The van der Waals surface area contributed by atoms with Gasteiger partial charge in [0.1, 0.15) is 5.69 Å². The molecule has 4 heterocycles. The van der Waals surface area contributed by atoms with Gasteiger partial charge in [0, 0.05) is 54.3 Å². The summed E-state index contributed by atoms with van der Waals surface area (Å²) in [6.45, 7) is 1.97. The fourth-order valence-corrected chi connectivity index (χ4v) is 4.81. The lowest BCUT2D eigenvalue weighted by Gasteiger charge is -2.42. The molecule has 1 aromatic carbocycles. The van der Waals surface area contributed by atoms with E-state index in [4.69, 9.17) is 9.47 Å². The van der Waals surface area contributed by atoms with Gasteiger partial charge in [0.25, 0.3) is 11.5 Å². The summed E-state index contributed by atoms with van der Waals surface area (Å²) >= 11 is 0. The van der Waals surface area contributed by atoms with Crippen LogP contribution in [0.25, 0.3) is 10.9 Å². The van der Waals surface area contributed by atoms with Crippen molar-refractivity contribution in [3.05, 3.63) is 58.1 Å². The molecule has 2 unspecified atom stereocenters. The van der Waals surface area contributed by atoms with Crippen LogP contribution in [0.15, 0.2) is 41.2 Å². The van der Waals surface area contributed by atoms with Crippen molar-refractivity contribution in [1.82, 2.24) is 14.5 Å². The SMILES string of the molecule is COc1cc2cc(C(=O)N3CC4CC(C3)c3cccc(=O)n3C4)[nH]c2cc1OC. The number of carbonyl (C=O) groups is 1. The third-order valence-electron chi connectivity index (χ3n) is 6.12. The zero-order valence-corrected chi connectivity index (χ0v) is 16.5. The molecule has 2 atom stereocenters. The molecule has 2 aliphatic heterocycles. The number of H-pyrrole nitrogens is 1. The number of hydrogen-bond acceptors (Lipinski definition) is 4. The molecule has 7 nitrogen and oxygen atoms in total. The van der Waals surface area contributed by atoms with E-state index in [1.54, 1.807) is 20.3 Å². The molecule has 2 aliphatic rings. The molecule has 1 amide bonds. The molecule has 2 aromatic heterocycles. The van der Waals surface area contributed by atoms with Gasteiger partial charge in [0.15, 0.2) is 11.5 Å². The second kappa shape index (κ2) is 6.69. The Labute approximate surface area is 167 Å². The van der Waals surface area contributed by atoms with Gasteiger partial charge in [-0.05, 0) is 30.5 Å². The molecule has 1 N–H and O–H groups in total. The highest BCUT2D eigenvalue weighted by Gasteiger charge is 2.36. The highest BCUT2D eigenvalue weighted by molar-refractivity contribution is 5.98. The van der Waals surface area contributed by atoms with E-state index in [1.807, 2.05) is 39.8 Å². The molecule has 0 radical (unpaired) electrons. The second-order valence-electron chi connectivity index (χ2n) is 7.89. The zero-order valence-electron chi connectivity index (χ0n) is 16.5. The number of fused-ring (bicyclic) bond motifs is 5. The van der Waals surface area contributed by atoms with E-state index in [0.29, 0.717) is 42.7 Å². The highest BCUT2D eigenvalue weighted by Crippen LogP contribution is 2.36. The van der Waals surface area contributed by atoms with Crippen LogP contribution >= 0.6 is 0 Å². The van der Waals surface area contributed by atoms with Crippen LogP contribution in [-0.4, -0.2) is 47.7 Å². The van der Waals surface area contributed by atoms with Crippen molar-refractivity contribution in [2.45, 2.75) is 18.9 Å². The first-order valence-electron chi connectivity index (χ1n) is 9.81. The predicted octanol–water partition coefficient (Wildman–Crippen LogP) is 2.61. The molecule has 0 spiro atoms. The van der Waals surface area contributed by atoms with Crippen LogP contribution in [0.2, 0.25) is 0 Å². The minimum absolute atomic E-state index is 0.0134. The van der Waals surface area contributed by atoms with Crippen LogP contribution in [0.5, 0.6) is 11.5 Å². The average Bonchev–Trinajstić information content (AvgIpc) is 3.15. The first kappa shape index (κ1) is 17.8. The maximum atomic E-state index is 13.3. The van der Waals surface area contributed by atoms with E-state index >= 15 is 0 Å². The summed E-state index contributed by atoms with van der Waals surface area (Å²) in [4.78, 5) is 30.6. The Balaban J connectivity index is 1.45. The van der Waals surface area contributed by atoms with Gasteiger partial charge in [0.2, 0.25) is 0 Å². The maximum absolute atomic E-state index is 13.3. The van der Waals surface area contributed by atoms with Crippen molar-refractivity contribution in [3.63, 3.8) is 0 Å². The molecule has 29 heavy (non-hydrogen) atoms. The Bertz CT molecular complexity index is 1120. The summed E-state index contributed by atoms with van der Waals surface area (Å²) in [6, 6.07) is 11.0. The van der Waals surface area contributed by atoms with Crippen LogP contribution < -0.4 is 15.0 Å². The standard InChI is InChI=1S/C22H23N3O4/c1-28-19-8-14-7-17(23-16(14)9-20(19)29-2)22(27)24-10-13-6-15(12-24)18-4-3-5-21(26)25(18)11-13/h3-5,7-9,13,15,23H,6,10-12H2,1-2H3. The number of hydrogen-bond donors (Lipinski definition) is 1. The van der Waals surface area contributed by atoms with Gasteiger partial charge >= 0.3 is 0 Å². The number of nitrogens with one attached hydrogen (secondary N) is 1. The summed E-state index contributed by atoms with van der Waals surface area (Å²) in [5.74, 6) is 1.74. The van der Waals surface area contributed by atoms with Gasteiger partial charge in [-0.3, -0.25) is 9.59 Å². The first-order chi connectivity index (χ1) is 14.1. The van der Waals surface area contributed by atoms with Crippen LogP contribution in [0.3, 0.4) is 0 Å². The molecule has 5 rings (SSSR count). The number of piperidine rings is 1. The number of aromatic amines is 1. The second-order valence-corrected chi connectivity index (χ2v) is 7.89. The third-order valence-corrected chi connectivity index (χ3v) is 6.12. The summed E-state index contributed by atoms with van der Waals surface area (Å²) in [5, 5.41) is 0.903. The number of methoxy groups -OCH3 is 2. The number of pyridine rings is 1. The smallest absolute Gasteiger partial charge is 0.270 e. The summed E-state index contributed by atoms with van der Waals surface area (Å²) in [5.41, 5.74) is 2.48. The Morgan fingerprint density at radius 1 is 1.07 bits per heavy atom. The molecule has 7 heteroatoms. The number of aromatic nitrogens is 2. The van der Waals surface area contributed by atoms with E-state index in [1.165, 1.54) is 0 Å². The summed E-state index contributed by atoms with van der Waals surface area (Å²) in [7, 11) is 3.19. The molecule has 1 fully saturated rings. The number of benzene rings is 1. The van der Waals surface area contributed by atoms with Gasteiger partial charge in [-0.1, -0.05) is 6.07 Å². The van der Waals surface area contributed by atoms with Crippen LogP contribution in [0.1, 0.15) is 28.5 Å². The Hall–Kier alpha value is -3.22. The van der Waals surface area contributed by atoms with Gasteiger partial charge in [-0.25, -0.2) is 0 Å². The molecule has 0 aliphatic carbocycles. The molecule has 1 saturated heterocycles. The maximum Gasteiger partial charge on any atom is 0.270 e. The van der Waals surface area contributed by atoms with Crippen LogP contribution in [0.4, 0.5) is 0 Å². The number of carbonyl (C=O) groups excluding carboxylic acids is 1. The Morgan fingerprint density at radius 3 is 2.66 bits per heavy atom. The molecular formula is C22H23N3O4. The van der Waals surface area contributed by atoms with Crippen LogP contribution in [0, 0.1) is 5.92 Å². The van der Waals surface area contributed by atoms with Crippen molar-refractivity contribution in [3.8, 4) is 11.5 Å². The molecule has 2 bridgehead atoms. The molecule has 0 saturated carbocycles. The van der Waals surface area contributed by atoms with Gasteiger partial charge in [-0.15, -0.1) is 0 Å². The highest BCUT2D eigenvalue weighted by atomic mass is 16.5. The summed E-state index contributed by atoms with van der Waals surface area (Å²) < 4.78 is 12.6. The van der Waals surface area contributed by atoms with E-state index in [-0.39, 0.29) is 17.4 Å². The zero-order chi connectivity index (χ0) is 20.1. The average molecular weight is 393 g/mol. The predicted molar refractivity (Wildman–Crippen MR) is 109 cm³/mol. The Kier molecular flexibility index (Phi) is 4.12. The van der Waals surface area contributed by atoms with Crippen molar-refractivity contribution >= 4 is 16.8 Å². The van der Waals surface area contributed by atoms with Crippen molar-refractivity contribution in [2.75, 3.05) is 27.3 Å². The number of amides is 1. The monoisotopic (exact) mass is 393 g/mol. The normalized spacial score (nSPS) is 20.4. The molecular weight excluding hydrogens is 370 g/mol. The minimum atomic E-state index is -0.0134. The summed E-state index contributed by atoms with van der Waals surface area (Å²) in [6.07, 6.45) is 1.02. The first-order valence-corrected chi connectivity index (χ1v) is 9.81. The Morgan fingerprint density at radius 2 is 1.86 bits per heavy atom. The van der Waals surface area contributed by atoms with Crippen molar-refractivity contribution in [2.24, 2.45) is 5.92 Å². The van der Waals surface area contributed by atoms with E-state index < -0.39 is 0 Å². The topological polar surface area (TPSA) is 76.6 Å². The van der Waals surface area contributed by atoms with E-state index in [0.717, 1.165) is 23.0 Å². The lowest BCUT2D eigenvalue weighted by Crippen LogP contribution is -2.49. The van der Waals surface area contributed by atoms with Gasteiger partial charge in [0.05, 0.1) is 14.2 Å². The number of likely N-dealkylation sites (tertiary alicyclic amines) is 1. The van der Waals surface area contributed by atoms with Crippen molar-refractivity contribution < 1.29 is 14.3 Å². The van der Waals surface area contributed by atoms with Crippen LogP contribution in [-0.2, 0) is 6.54 Å². The number of ether oxygens (including phenoxy) is 2. The fraction of sp³-hybridized carbons (Fsp3) is 0.364. The van der Waals surface area contributed by atoms with E-state index in [9.17, 15) is 9.59 Å². The lowest BCUT2D eigenvalue weighted by atomic mass is 9.83. The quantitative estimate of drug-likeness (QED) is 0.742. The lowest BCUT2D eigenvalue weighted by molar-refractivity contribution is 0.0589.